The van der Waals surface area contributed by atoms with Crippen LogP contribution in [0.1, 0.15) is 77.8 Å². The molecule has 3 N–H and O–H groups in total. The summed E-state index contributed by atoms with van der Waals surface area (Å²) in [5.41, 5.74) is 3.09. The molecule has 1 amide bonds. The van der Waals surface area contributed by atoms with Crippen LogP contribution in [0.2, 0.25) is 0 Å². The van der Waals surface area contributed by atoms with Crippen LogP contribution in [0.4, 0.5) is 4.79 Å². The monoisotopic (exact) mass is 550 g/mol. The number of aryl methyl sites for hydroxylation is 2. The number of alkyl carbamates (subject to hydrolysis) is 1. The van der Waals surface area contributed by atoms with Gasteiger partial charge in [-0.15, -0.1) is 24.0 Å². The van der Waals surface area contributed by atoms with E-state index in [4.69, 9.17) is 4.74 Å². The average molecular weight is 551 g/mol. The van der Waals surface area contributed by atoms with Crippen molar-refractivity contribution in [3.63, 3.8) is 0 Å². The first-order valence-electron chi connectivity index (χ1n) is 11.1. The van der Waals surface area contributed by atoms with E-state index in [1.54, 1.807) is 7.05 Å². The largest absolute Gasteiger partial charge is 0.444 e. The van der Waals surface area contributed by atoms with Gasteiger partial charge in [-0.25, -0.2) is 4.79 Å². The third kappa shape index (κ3) is 10.6. The summed E-state index contributed by atoms with van der Waals surface area (Å²) in [7, 11) is 3.76. The summed E-state index contributed by atoms with van der Waals surface area (Å²) >= 11 is 0. The van der Waals surface area contributed by atoms with Crippen LogP contribution in [0.5, 0.6) is 0 Å². The second kappa shape index (κ2) is 14.5. The molecule has 0 saturated heterocycles. The number of amides is 1. The Balaban J connectivity index is 0.00000900. The van der Waals surface area contributed by atoms with Gasteiger partial charge < -0.3 is 20.7 Å². The van der Waals surface area contributed by atoms with Gasteiger partial charge in [-0.1, -0.05) is 33.6 Å². The van der Waals surface area contributed by atoms with Crippen molar-refractivity contribution in [3.05, 3.63) is 17.0 Å². The highest BCUT2D eigenvalue weighted by atomic mass is 127. The number of rotatable bonds is 10. The van der Waals surface area contributed by atoms with Crippen molar-refractivity contribution in [2.24, 2.45) is 12.0 Å². The molecule has 9 heteroatoms. The van der Waals surface area contributed by atoms with Gasteiger partial charge in [0.15, 0.2) is 5.96 Å². The molecule has 0 saturated carbocycles. The van der Waals surface area contributed by atoms with Crippen LogP contribution in [0.15, 0.2) is 4.99 Å². The first-order chi connectivity index (χ1) is 14.1. The van der Waals surface area contributed by atoms with E-state index < -0.39 is 11.7 Å². The van der Waals surface area contributed by atoms with Gasteiger partial charge >= 0.3 is 6.09 Å². The molecule has 1 heterocycles. The topological polar surface area (TPSA) is 92.6 Å². The number of hydrogen-bond acceptors (Lipinski definition) is 4. The number of carbonyl (C=O) groups excluding carboxylic acids is 1. The Bertz CT molecular complexity index is 697. The minimum Gasteiger partial charge on any atom is -0.444 e. The van der Waals surface area contributed by atoms with E-state index in [9.17, 15) is 4.79 Å². The van der Waals surface area contributed by atoms with Gasteiger partial charge in [0.1, 0.15) is 5.60 Å². The third-order valence-corrected chi connectivity index (χ3v) is 4.82. The zero-order valence-electron chi connectivity index (χ0n) is 20.6. The van der Waals surface area contributed by atoms with Gasteiger partial charge in [-0.3, -0.25) is 9.67 Å². The molecule has 0 fully saturated rings. The van der Waals surface area contributed by atoms with E-state index in [1.165, 1.54) is 11.3 Å². The highest BCUT2D eigenvalue weighted by Gasteiger charge is 2.19. The number of ether oxygens (including phenoxy) is 1. The van der Waals surface area contributed by atoms with Crippen molar-refractivity contribution in [1.29, 1.82) is 0 Å². The lowest BCUT2D eigenvalue weighted by atomic mass is 10.1. The molecule has 0 aliphatic carbocycles. The van der Waals surface area contributed by atoms with Crippen LogP contribution < -0.4 is 16.0 Å². The minimum atomic E-state index is -0.508. The van der Waals surface area contributed by atoms with Gasteiger partial charge in [-0.2, -0.15) is 5.10 Å². The molecule has 0 spiro atoms. The summed E-state index contributed by atoms with van der Waals surface area (Å²) in [6, 6.07) is 0.0638. The van der Waals surface area contributed by atoms with Gasteiger partial charge in [0.2, 0.25) is 0 Å². The number of nitrogens with one attached hydrogen (secondary N) is 3. The summed E-state index contributed by atoms with van der Waals surface area (Å²) in [5.74, 6) is 0.718. The molecule has 1 rings (SSSR count). The number of unbranched alkanes of at least 4 members (excludes halogenated alkanes) is 1. The molecule has 8 nitrogen and oxygen atoms in total. The lowest BCUT2D eigenvalue weighted by molar-refractivity contribution is 0.0523. The maximum absolute atomic E-state index is 12.0. The van der Waals surface area contributed by atoms with Crippen LogP contribution in [-0.4, -0.2) is 47.1 Å². The molecule has 1 atom stereocenters. The number of nitrogens with zero attached hydrogens (tertiary/aromatic N) is 3. The Morgan fingerprint density at radius 2 is 1.87 bits per heavy atom. The Morgan fingerprint density at radius 3 is 2.39 bits per heavy atom. The number of aromatic nitrogens is 2. The lowest BCUT2D eigenvalue weighted by Crippen LogP contribution is -2.48. The first kappa shape index (κ1) is 29.5. The quantitative estimate of drug-likeness (QED) is 0.234. The zero-order valence-corrected chi connectivity index (χ0v) is 22.9. The van der Waals surface area contributed by atoms with E-state index in [-0.39, 0.29) is 30.0 Å². The third-order valence-electron chi connectivity index (χ3n) is 4.82. The van der Waals surface area contributed by atoms with Crippen LogP contribution in [-0.2, 0) is 31.2 Å². The second-order valence-corrected chi connectivity index (χ2v) is 8.49. The van der Waals surface area contributed by atoms with Gasteiger partial charge in [-0.05, 0) is 40.0 Å². The maximum atomic E-state index is 12.0. The molecule has 0 bridgehead atoms. The van der Waals surface area contributed by atoms with Gasteiger partial charge in [0, 0.05) is 44.5 Å². The Hall–Kier alpha value is -1.52. The Morgan fingerprint density at radius 1 is 1.19 bits per heavy atom. The van der Waals surface area contributed by atoms with E-state index in [0.29, 0.717) is 13.1 Å². The SMILES string of the molecule is CCCCC(CNC(=O)OC(C)(C)C)NC(=NC)NCc1c(CC)nn(C)c1CC.I. The molecule has 0 aliphatic rings. The van der Waals surface area contributed by atoms with Crippen LogP contribution >= 0.6 is 24.0 Å². The van der Waals surface area contributed by atoms with Crippen molar-refractivity contribution < 1.29 is 9.53 Å². The molecule has 1 aromatic heterocycles. The summed E-state index contributed by atoms with van der Waals surface area (Å²) < 4.78 is 7.32. The molecule has 31 heavy (non-hydrogen) atoms. The van der Waals surface area contributed by atoms with Gasteiger partial charge in [0.25, 0.3) is 0 Å². The molecule has 1 unspecified atom stereocenters. The molecule has 1 aromatic rings. The summed E-state index contributed by atoms with van der Waals surface area (Å²) in [6.45, 7) is 13.2. The van der Waals surface area contributed by atoms with Crippen LogP contribution in [0.3, 0.4) is 0 Å². The normalized spacial score (nSPS) is 12.7. The number of hydrogen-bond donors (Lipinski definition) is 3. The predicted molar refractivity (Wildman–Crippen MR) is 138 cm³/mol. The minimum absolute atomic E-state index is 0. The predicted octanol–water partition coefficient (Wildman–Crippen LogP) is 3.91. The standard InChI is InChI=1S/C22H42N6O2.HI/c1-9-12-13-16(14-25-21(29)30-22(4,5)6)26-20(23-7)24-15-17-18(10-2)27-28(8)19(17)11-3;/h16H,9-15H2,1-8H3,(H,25,29)(H2,23,24,26);1H. The highest BCUT2D eigenvalue weighted by molar-refractivity contribution is 14.0. The Kier molecular flexibility index (Phi) is 13.8. The molecule has 0 radical (unpaired) electrons. The van der Waals surface area contributed by atoms with E-state index in [1.807, 2.05) is 32.5 Å². The Labute approximate surface area is 205 Å². The van der Waals surface area contributed by atoms with Crippen molar-refractivity contribution in [3.8, 4) is 0 Å². The summed E-state index contributed by atoms with van der Waals surface area (Å²) in [4.78, 5) is 16.4. The molecule has 180 valence electrons. The summed E-state index contributed by atoms with van der Waals surface area (Å²) in [6.07, 6.45) is 4.52. The van der Waals surface area contributed by atoms with Crippen LogP contribution in [0, 0.1) is 0 Å². The smallest absolute Gasteiger partial charge is 0.407 e. The highest BCUT2D eigenvalue weighted by Crippen LogP contribution is 2.15. The van der Waals surface area contributed by atoms with Crippen molar-refractivity contribution >= 4 is 36.0 Å². The zero-order chi connectivity index (χ0) is 22.7. The number of halogens is 1. The first-order valence-corrected chi connectivity index (χ1v) is 11.1. The fourth-order valence-electron chi connectivity index (χ4n) is 3.35. The maximum Gasteiger partial charge on any atom is 0.407 e. The summed E-state index contributed by atoms with van der Waals surface area (Å²) in [5, 5.41) is 14.4. The fraction of sp³-hybridized carbons (Fsp3) is 0.773. The van der Waals surface area contributed by atoms with Crippen molar-refractivity contribution in [2.75, 3.05) is 13.6 Å². The molecular weight excluding hydrogens is 507 g/mol. The van der Waals surface area contributed by atoms with Gasteiger partial charge in [0.05, 0.1) is 5.69 Å². The van der Waals surface area contributed by atoms with E-state index in [0.717, 1.165) is 43.8 Å². The number of aliphatic imine (C=N–C) groups is 1. The molecule has 0 aliphatic heterocycles. The second-order valence-electron chi connectivity index (χ2n) is 8.49. The van der Waals surface area contributed by atoms with Crippen molar-refractivity contribution in [1.82, 2.24) is 25.7 Å². The van der Waals surface area contributed by atoms with Crippen LogP contribution in [0.25, 0.3) is 0 Å². The van der Waals surface area contributed by atoms with E-state index >= 15 is 0 Å². The average Bonchev–Trinajstić information content (AvgIpc) is 2.99. The fourth-order valence-corrected chi connectivity index (χ4v) is 3.35. The lowest BCUT2D eigenvalue weighted by Gasteiger charge is -2.24. The molecular formula is C22H43IN6O2. The number of guanidine groups is 1. The van der Waals surface area contributed by atoms with Crippen molar-refractivity contribution in [2.45, 2.75) is 91.8 Å². The number of carbonyl (C=O) groups is 1. The van der Waals surface area contributed by atoms with E-state index in [2.05, 4.69) is 46.8 Å². The molecule has 0 aromatic carbocycles.